The van der Waals surface area contributed by atoms with Crippen molar-refractivity contribution in [3.05, 3.63) is 57.6 Å². The van der Waals surface area contributed by atoms with E-state index in [0.717, 1.165) is 64.7 Å². The lowest BCUT2D eigenvalue weighted by Crippen LogP contribution is -2.24. The van der Waals surface area contributed by atoms with E-state index < -0.39 is 0 Å². The second kappa shape index (κ2) is 15.1. The van der Waals surface area contributed by atoms with Crippen molar-refractivity contribution in [2.24, 2.45) is 0 Å². The summed E-state index contributed by atoms with van der Waals surface area (Å²) in [6.45, 7) is 17.9. The standard InChI is InChI=1S/C31H51N3/c1-8-24-20-26(10-3)30(27(11-4)21-24)32-16-14-18-34(7)19-15-17-33-31-28(12-5)22-25(9-2)23-29(31)13-6/h20-23,32-33H,8-19H2,1-7H3. The molecule has 0 amide bonds. The van der Waals surface area contributed by atoms with Gasteiger partial charge in [0.25, 0.3) is 0 Å². The topological polar surface area (TPSA) is 27.3 Å². The summed E-state index contributed by atoms with van der Waals surface area (Å²) in [7, 11) is 2.26. The normalized spacial score (nSPS) is 11.3. The molecule has 2 aromatic carbocycles. The van der Waals surface area contributed by atoms with Gasteiger partial charge in [-0.25, -0.2) is 0 Å². The van der Waals surface area contributed by atoms with Crippen LogP contribution in [0.25, 0.3) is 0 Å². The van der Waals surface area contributed by atoms with Crippen molar-refractivity contribution in [3.8, 4) is 0 Å². The van der Waals surface area contributed by atoms with E-state index in [9.17, 15) is 0 Å². The number of nitrogens with zero attached hydrogens (tertiary/aromatic N) is 1. The van der Waals surface area contributed by atoms with Gasteiger partial charge in [0.1, 0.15) is 0 Å². The van der Waals surface area contributed by atoms with Crippen molar-refractivity contribution in [2.75, 3.05) is 43.9 Å². The molecule has 0 aliphatic heterocycles. The highest BCUT2D eigenvalue weighted by Gasteiger charge is 2.10. The maximum Gasteiger partial charge on any atom is 0.0405 e. The summed E-state index contributed by atoms with van der Waals surface area (Å²) in [5.41, 5.74) is 11.6. The van der Waals surface area contributed by atoms with E-state index >= 15 is 0 Å². The molecule has 0 bridgehead atoms. The van der Waals surface area contributed by atoms with Gasteiger partial charge in [0.2, 0.25) is 0 Å². The number of rotatable bonds is 16. The first-order valence-electron chi connectivity index (χ1n) is 14.0. The Kier molecular flexibility index (Phi) is 12.5. The molecule has 0 aromatic heterocycles. The fourth-order valence-electron chi connectivity index (χ4n) is 4.89. The minimum atomic E-state index is 1.04. The second-order valence-corrected chi connectivity index (χ2v) is 9.56. The number of benzene rings is 2. The van der Waals surface area contributed by atoms with E-state index in [-0.39, 0.29) is 0 Å². The predicted molar refractivity (Wildman–Crippen MR) is 153 cm³/mol. The van der Waals surface area contributed by atoms with Crippen molar-refractivity contribution in [3.63, 3.8) is 0 Å². The molecule has 2 aromatic rings. The van der Waals surface area contributed by atoms with Gasteiger partial charge in [-0.15, -0.1) is 0 Å². The highest BCUT2D eigenvalue weighted by Crippen LogP contribution is 2.26. The summed E-state index contributed by atoms with van der Waals surface area (Å²) in [6, 6.07) is 9.57. The molecule has 0 aliphatic carbocycles. The number of nitrogens with one attached hydrogen (secondary N) is 2. The van der Waals surface area contributed by atoms with Gasteiger partial charge in [0, 0.05) is 24.5 Å². The fourth-order valence-corrected chi connectivity index (χ4v) is 4.89. The molecule has 0 heterocycles. The first-order valence-corrected chi connectivity index (χ1v) is 14.0. The van der Waals surface area contributed by atoms with E-state index in [1.807, 2.05) is 0 Å². The van der Waals surface area contributed by atoms with Crippen LogP contribution in [0.4, 0.5) is 11.4 Å². The Labute approximate surface area is 210 Å². The van der Waals surface area contributed by atoms with Crippen molar-refractivity contribution in [2.45, 2.75) is 92.9 Å². The number of hydrogen-bond donors (Lipinski definition) is 2. The Morgan fingerprint density at radius 2 is 0.853 bits per heavy atom. The maximum atomic E-state index is 3.77. The van der Waals surface area contributed by atoms with E-state index in [1.165, 1.54) is 57.6 Å². The summed E-state index contributed by atoms with van der Waals surface area (Å²) in [5.74, 6) is 0. The van der Waals surface area contributed by atoms with Gasteiger partial charge in [-0.3, -0.25) is 0 Å². The van der Waals surface area contributed by atoms with Gasteiger partial charge in [-0.1, -0.05) is 65.8 Å². The Morgan fingerprint density at radius 1 is 0.529 bits per heavy atom. The van der Waals surface area contributed by atoms with Crippen LogP contribution in [0.2, 0.25) is 0 Å². The van der Waals surface area contributed by atoms with Crippen LogP contribution in [-0.4, -0.2) is 38.1 Å². The molecule has 3 heteroatoms. The molecule has 34 heavy (non-hydrogen) atoms. The molecular formula is C31H51N3. The minimum absolute atomic E-state index is 1.04. The minimum Gasteiger partial charge on any atom is -0.385 e. The lowest BCUT2D eigenvalue weighted by atomic mass is 9.98. The molecule has 0 saturated heterocycles. The second-order valence-electron chi connectivity index (χ2n) is 9.56. The molecule has 3 nitrogen and oxygen atoms in total. The molecule has 0 atom stereocenters. The average molecular weight is 466 g/mol. The summed E-state index contributed by atoms with van der Waals surface area (Å²) in [4.78, 5) is 2.48. The Bertz CT molecular complexity index is 749. The maximum absolute atomic E-state index is 3.77. The molecule has 0 spiro atoms. The van der Waals surface area contributed by atoms with Crippen molar-refractivity contribution >= 4 is 11.4 Å². The number of anilines is 2. The highest BCUT2D eigenvalue weighted by atomic mass is 15.1. The smallest absolute Gasteiger partial charge is 0.0405 e. The third-order valence-electron chi connectivity index (χ3n) is 7.10. The zero-order valence-corrected chi connectivity index (χ0v) is 23.2. The first kappa shape index (κ1) is 28.2. The summed E-state index contributed by atoms with van der Waals surface area (Å²) in [6.07, 6.45) is 8.95. The summed E-state index contributed by atoms with van der Waals surface area (Å²) >= 11 is 0. The monoisotopic (exact) mass is 465 g/mol. The van der Waals surface area contributed by atoms with Crippen LogP contribution in [0.1, 0.15) is 87.8 Å². The first-order chi connectivity index (χ1) is 16.5. The van der Waals surface area contributed by atoms with E-state index in [2.05, 4.69) is 88.4 Å². The third kappa shape index (κ3) is 8.05. The van der Waals surface area contributed by atoms with Gasteiger partial charge in [-0.05, 0) is 105 Å². The van der Waals surface area contributed by atoms with Gasteiger partial charge in [-0.2, -0.15) is 0 Å². The Balaban J connectivity index is 1.78. The van der Waals surface area contributed by atoms with Crippen LogP contribution in [0.3, 0.4) is 0 Å². The van der Waals surface area contributed by atoms with Crippen molar-refractivity contribution < 1.29 is 0 Å². The van der Waals surface area contributed by atoms with Gasteiger partial charge in [0.05, 0.1) is 0 Å². The Morgan fingerprint density at radius 3 is 1.12 bits per heavy atom. The summed E-state index contributed by atoms with van der Waals surface area (Å²) in [5, 5.41) is 7.55. The van der Waals surface area contributed by atoms with Crippen molar-refractivity contribution in [1.29, 1.82) is 0 Å². The van der Waals surface area contributed by atoms with Crippen LogP contribution in [0, 0.1) is 0 Å². The van der Waals surface area contributed by atoms with E-state index in [0.29, 0.717) is 0 Å². The number of aryl methyl sites for hydroxylation is 6. The lowest BCUT2D eigenvalue weighted by molar-refractivity contribution is 0.331. The van der Waals surface area contributed by atoms with Gasteiger partial charge in [0.15, 0.2) is 0 Å². The fraction of sp³-hybridized carbons (Fsp3) is 0.613. The molecule has 2 rings (SSSR count). The molecular weight excluding hydrogens is 414 g/mol. The highest BCUT2D eigenvalue weighted by molar-refractivity contribution is 5.60. The molecule has 0 unspecified atom stereocenters. The molecule has 0 saturated carbocycles. The van der Waals surface area contributed by atoms with E-state index in [1.54, 1.807) is 0 Å². The van der Waals surface area contributed by atoms with Crippen LogP contribution in [0.15, 0.2) is 24.3 Å². The molecule has 2 N–H and O–H groups in total. The number of hydrogen-bond acceptors (Lipinski definition) is 3. The van der Waals surface area contributed by atoms with Gasteiger partial charge < -0.3 is 15.5 Å². The zero-order valence-electron chi connectivity index (χ0n) is 23.2. The van der Waals surface area contributed by atoms with Crippen LogP contribution >= 0.6 is 0 Å². The zero-order chi connectivity index (χ0) is 24.9. The van der Waals surface area contributed by atoms with Crippen LogP contribution in [0.5, 0.6) is 0 Å². The average Bonchev–Trinajstić information content (AvgIpc) is 2.88. The van der Waals surface area contributed by atoms with E-state index in [4.69, 9.17) is 0 Å². The SMILES string of the molecule is CCc1cc(CC)c(NCCCN(C)CCCNc2c(CC)cc(CC)cc2CC)c(CC)c1. The van der Waals surface area contributed by atoms with Gasteiger partial charge >= 0.3 is 0 Å². The van der Waals surface area contributed by atoms with Crippen LogP contribution in [-0.2, 0) is 38.5 Å². The largest absolute Gasteiger partial charge is 0.385 e. The van der Waals surface area contributed by atoms with Crippen molar-refractivity contribution in [1.82, 2.24) is 4.90 Å². The molecule has 0 fully saturated rings. The molecule has 190 valence electrons. The molecule has 0 aliphatic rings. The third-order valence-corrected chi connectivity index (χ3v) is 7.10. The Hall–Kier alpha value is -2.00. The van der Waals surface area contributed by atoms with Crippen LogP contribution < -0.4 is 10.6 Å². The predicted octanol–water partition coefficient (Wildman–Crippen LogP) is 7.30. The summed E-state index contributed by atoms with van der Waals surface area (Å²) < 4.78 is 0. The quantitative estimate of drug-likeness (QED) is 0.255. The molecule has 0 radical (unpaired) electrons. The lowest BCUT2D eigenvalue weighted by Gasteiger charge is -2.21.